The van der Waals surface area contributed by atoms with Crippen LogP contribution in [0.1, 0.15) is 26.7 Å². The molecule has 0 aliphatic carbocycles. The lowest BCUT2D eigenvalue weighted by Crippen LogP contribution is -2.37. The van der Waals surface area contributed by atoms with Crippen molar-refractivity contribution in [2.24, 2.45) is 0 Å². The summed E-state index contributed by atoms with van der Waals surface area (Å²) in [7, 11) is 1.66. The van der Waals surface area contributed by atoms with Crippen LogP contribution in [0.4, 0.5) is 15.8 Å². The van der Waals surface area contributed by atoms with E-state index >= 15 is 0 Å². The van der Waals surface area contributed by atoms with Gasteiger partial charge in [0, 0.05) is 25.8 Å². The Bertz CT molecular complexity index is 411. The van der Waals surface area contributed by atoms with Gasteiger partial charge in [0.25, 0.3) is 0 Å². The molecule has 1 aromatic carbocycles. The van der Waals surface area contributed by atoms with Crippen molar-refractivity contribution in [1.82, 2.24) is 0 Å². The van der Waals surface area contributed by atoms with Crippen molar-refractivity contribution in [1.29, 1.82) is 0 Å². The first kappa shape index (κ1) is 16.2. The number of hydrogen-bond donors (Lipinski definition) is 1. The maximum Gasteiger partial charge on any atom is 0.139 e. The van der Waals surface area contributed by atoms with Crippen LogP contribution in [-0.2, 0) is 4.74 Å². The standard InChI is InChI=1S/C14H22BrFN2O/c1-4-10(5-2)18(6-7-19-3)14-9-12(16)11(15)8-13(14)17/h8-10H,4-7,17H2,1-3H3. The van der Waals surface area contributed by atoms with Crippen LogP contribution in [0.5, 0.6) is 0 Å². The third-order valence-electron chi connectivity index (χ3n) is 3.30. The molecular weight excluding hydrogens is 311 g/mol. The summed E-state index contributed by atoms with van der Waals surface area (Å²) in [6.45, 7) is 5.54. The maximum absolute atomic E-state index is 13.8. The molecule has 0 saturated carbocycles. The first-order valence-electron chi connectivity index (χ1n) is 6.55. The molecule has 19 heavy (non-hydrogen) atoms. The number of hydrogen-bond acceptors (Lipinski definition) is 3. The first-order valence-corrected chi connectivity index (χ1v) is 7.34. The highest BCUT2D eigenvalue weighted by Crippen LogP contribution is 2.31. The van der Waals surface area contributed by atoms with E-state index in [1.165, 1.54) is 6.07 Å². The van der Waals surface area contributed by atoms with Gasteiger partial charge in [-0.15, -0.1) is 0 Å². The predicted octanol–water partition coefficient (Wildman–Crippen LogP) is 3.81. The molecule has 0 heterocycles. The summed E-state index contributed by atoms with van der Waals surface area (Å²) >= 11 is 3.15. The molecule has 0 aliphatic rings. The smallest absolute Gasteiger partial charge is 0.139 e. The molecule has 0 atom stereocenters. The zero-order chi connectivity index (χ0) is 14.4. The largest absolute Gasteiger partial charge is 0.397 e. The van der Waals surface area contributed by atoms with Gasteiger partial charge in [-0.25, -0.2) is 4.39 Å². The molecule has 1 rings (SSSR count). The number of benzene rings is 1. The Morgan fingerprint density at radius 1 is 1.37 bits per heavy atom. The van der Waals surface area contributed by atoms with Gasteiger partial charge in [-0.3, -0.25) is 0 Å². The Hall–Kier alpha value is -0.810. The van der Waals surface area contributed by atoms with E-state index in [0.29, 0.717) is 29.4 Å². The molecular formula is C14H22BrFN2O. The number of halogens is 2. The number of anilines is 2. The van der Waals surface area contributed by atoms with E-state index in [1.807, 2.05) is 0 Å². The second-order valence-electron chi connectivity index (χ2n) is 4.48. The topological polar surface area (TPSA) is 38.5 Å². The van der Waals surface area contributed by atoms with E-state index in [0.717, 1.165) is 18.5 Å². The van der Waals surface area contributed by atoms with Crippen LogP contribution in [-0.4, -0.2) is 26.3 Å². The summed E-state index contributed by atoms with van der Waals surface area (Å²) in [4.78, 5) is 2.13. The van der Waals surface area contributed by atoms with E-state index in [4.69, 9.17) is 10.5 Å². The van der Waals surface area contributed by atoms with Gasteiger partial charge in [0.1, 0.15) is 5.82 Å². The lowest BCUT2D eigenvalue weighted by Gasteiger charge is -2.33. The van der Waals surface area contributed by atoms with Crippen molar-refractivity contribution >= 4 is 27.3 Å². The molecule has 0 bridgehead atoms. The number of nitrogens with zero attached hydrogens (tertiary/aromatic N) is 1. The number of nitrogens with two attached hydrogens (primary N) is 1. The van der Waals surface area contributed by atoms with Gasteiger partial charge < -0.3 is 15.4 Å². The fourth-order valence-electron chi connectivity index (χ4n) is 2.22. The molecule has 0 amide bonds. The Morgan fingerprint density at radius 2 is 2.00 bits per heavy atom. The number of rotatable bonds is 7. The highest BCUT2D eigenvalue weighted by atomic mass is 79.9. The van der Waals surface area contributed by atoms with Gasteiger partial charge in [0.05, 0.1) is 22.5 Å². The highest BCUT2D eigenvalue weighted by Gasteiger charge is 2.19. The lowest BCUT2D eigenvalue weighted by atomic mass is 10.1. The summed E-state index contributed by atoms with van der Waals surface area (Å²) in [5.74, 6) is -0.294. The van der Waals surface area contributed by atoms with E-state index in [9.17, 15) is 4.39 Å². The zero-order valence-electron chi connectivity index (χ0n) is 11.7. The third-order valence-corrected chi connectivity index (χ3v) is 3.91. The summed E-state index contributed by atoms with van der Waals surface area (Å²) in [5, 5.41) is 0. The predicted molar refractivity (Wildman–Crippen MR) is 82.1 cm³/mol. The molecule has 108 valence electrons. The van der Waals surface area contributed by atoms with Gasteiger partial charge in [0.2, 0.25) is 0 Å². The van der Waals surface area contributed by atoms with Gasteiger partial charge in [-0.1, -0.05) is 13.8 Å². The summed E-state index contributed by atoms with van der Waals surface area (Å²) in [6.07, 6.45) is 1.97. The van der Waals surface area contributed by atoms with E-state index in [2.05, 4.69) is 34.7 Å². The molecule has 0 aliphatic heterocycles. The average molecular weight is 333 g/mol. The van der Waals surface area contributed by atoms with E-state index in [1.54, 1.807) is 13.2 Å². The van der Waals surface area contributed by atoms with Gasteiger partial charge in [0.15, 0.2) is 0 Å². The SMILES string of the molecule is CCC(CC)N(CCOC)c1cc(F)c(Br)cc1N. The number of ether oxygens (including phenoxy) is 1. The first-order chi connectivity index (χ1) is 9.04. The minimum Gasteiger partial charge on any atom is -0.397 e. The van der Waals surface area contributed by atoms with Gasteiger partial charge in [-0.2, -0.15) is 0 Å². The fourth-order valence-corrected chi connectivity index (χ4v) is 2.58. The van der Waals surface area contributed by atoms with E-state index < -0.39 is 0 Å². The van der Waals surface area contributed by atoms with Gasteiger partial charge >= 0.3 is 0 Å². The van der Waals surface area contributed by atoms with Crippen LogP contribution >= 0.6 is 15.9 Å². The molecule has 0 saturated heterocycles. The number of methoxy groups -OCH3 is 1. The highest BCUT2D eigenvalue weighted by molar-refractivity contribution is 9.10. The van der Waals surface area contributed by atoms with Crippen LogP contribution < -0.4 is 10.6 Å². The zero-order valence-corrected chi connectivity index (χ0v) is 13.3. The van der Waals surface area contributed by atoms with Crippen LogP contribution in [0.25, 0.3) is 0 Å². The van der Waals surface area contributed by atoms with Crippen molar-refractivity contribution in [3.8, 4) is 0 Å². The summed E-state index contributed by atoms with van der Waals surface area (Å²) in [6, 6.07) is 3.44. The van der Waals surface area contributed by atoms with Crippen molar-refractivity contribution in [3.05, 3.63) is 22.4 Å². The summed E-state index contributed by atoms with van der Waals surface area (Å²) in [5.41, 5.74) is 7.35. The molecule has 5 heteroatoms. The molecule has 0 spiro atoms. The monoisotopic (exact) mass is 332 g/mol. The second-order valence-corrected chi connectivity index (χ2v) is 5.34. The molecule has 0 unspecified atom stereocenters. The second kappa shape index (κ2) is 7.70. The Morgan fingerprint density at radius 3 is 2.53 bits per heavy atom. The number of nitrogen functional groups attached to an aromatic ring is 1. The molecule has 0 aromatic heterocycles. The Labute approximate surface area is 123 Å². The Balaban J connectivity index is 3.12. The maximum atomic E-state index is 13.8. The van der Waals surface area contributed by atoms with Gasteiger partial charge in [-0.05, 0) is 34.8 Å². The molecule has 2 N–H and O–H groups in total. The third kappa shape index (κ3) is 4.08. The van der Waals surface area contributed by atoms with Crippen molar-refractivity contribution < 1.29 is 9.13 Å². The molecule has 3 nitrogen and oxygen atoms in total. The van der Waals surface area contributed by atoms with Crippen LogP contribution in [0.2, 0.25) is 0 Å². The van der Waals surface area contributed by atoms with Crippen LogP contribution in [0.15, 0.2) is 16.6 Å². The normalized spacial score (nSPS) is 11.1. The van der Waals surface area contributed by atoms with Crippen LogP contribution in [0, 0.1) is 5.82 Å². The minimum absolute atomic E-state index is 0.294. The minimum atomic E-state index is -0.294. The molecule has 1 aromatic rings. The molecule has 0 radical (unpaired) electrons. The van der Waals surface area contributed by atoms with Crippen LogP contribution in [0.3, 0.4) is 0 Å². The molecule has 0 fully saturated rings. The Kier molecular flexibility index (Phi) is 6.58. The average Bonchev–Trinajstić information content (AvgIpc) is 2.39. The van der Waals surface area contributed by atoms with Crippen molar-refractivity contribution in [3.63, 3.8) is 0 Å². The van der Waals surface area contributed by atoms with Crippen molar-refractivity contribution in [2.45, 2.75) is 32.7 Å². The van der Waals surface area contributed by atoms with E-state index in [-0.39, 0.29) is 5.82 Å². The summed E-state index contributed by atoms with van der Waals surface area (Å²) < 4.78 is 19.3. The quantitative estimate of drug-likeness (QED) is 0.771. The fraction of sp³-hybridized carbons (Fsp3) is 0.571. The van der Waals surface area contributed by atoms with Crippen molar-refractivity contribution in [2.75, 3.05) is 30.9 Å². The lowest BCUT2D eigenvalue weighted by molar-refractivity contribution is 0.202.